The Labute approximate surface area is 201 Å². The van der Waals surface area contributed by atoms with Gasteiger partial charge in [0.2, 0.25) is 18.6 Å². The summed E-state index contributed by atoms with van der Waals surface area (Å²) in [5.41, 5.74) is 1.05. The van der Waals surface area contributed by atoms with Crippen LogP contribution >= 0.6 is 11.3 Å². The molecule has 6 nitrogen and oxygen atoms in total. The maximum atomic E-state index is 13.8. The van der Waals surface area contributed by atoms with Crippen molar-refractivity contribution in [1.82, 2.24) is 5.32 Å². The summed E-state index contributed by atoms with van der Waals surface area (Å²) in [6.07, 6.45) is 4.09. The van der Waals surface area contributed by atoms with Gasteiger partial charge in [-0.1, -0.05) is 31.0 Å². The van der Waals surface area contributed by atoms with E-state index in [1.807, 2.05) is 17.5 Å². The summed E-state index contributed by atoms with van der Waals surface area (Å²) in [5, 5.41) is 5.04. The summed E-state index contributed by atoms with van der Waals surface area (Å²) in [4.78, 5) is 29.8. The molecule has 5 rings (SSSR count). The first kappa shape index (κ1) is 22.4. The fraction of sp³-hybridized carbons (Fsp3) is 0.308. The van der Waals surface area contributed by atoms with Gasteiger partial charge in [0.15, 0.2) is 11.5 Å². The van der Waals surface area contributed by atoms with Crippen molar-refractivity contribution in [3.8, 4) is 11.5 Å². The van der Waals surface area contributed by atoms with Crippen molar-refractivity contribution >= 4 is 28.8 Å². The third-order valence-corrected chi connectivity index (χ3v) is 7.08. The van der Waals surface area contributed by atoms with Gasteiger partial charge in [0, 0.05) is 22.7 Å². The zero-order valence-corrected chi connectivity index (χ0v) is 19.4. The molecule has 34 heavy (non-hydrogen) atoms. The summed E-state index contributed by atoms with van der Waals surface area (Å²) in [5.74, 6) is 0.176. The molecule has 0 unspecified atom stereocenters. The average molecular weight is 481 g/mol. The Balaban J connectivity index is 1.56. The van der Waals surface area contributed by atoms with E-state index in [9.17, 15) is 14.0 Å². The van der Waals surface area contributed by atoms with E-state index in [1.54, 1.807) is 30.3 Å². The summed E-state index contributed by atoms with van der Waals surface area (Å²) in [6.45, 7) is 0.103. The smallest absolute Gasteiger partial charge is 0.248 e. The molecule has 3 aromatic rings. The molecule has 0 spiro atoms. The Bertz CT molecular complexity index is 1160. The number of nitrogens with zero attached hydrogens (tertiary/aromatic N) is 1. The highest BCUT2D eigenvalue weighted by Crippen LogP contribution is 2.38. The number of hydrogen-bond donors (Lipinski definition) is 1. The Morgan fingerprint density at radius 2 is 1.82 bits per heavy atom. The zero-order chi connectivity index (χ0) is 23.5. The van der Waals surface area contributed by atoms with Gasteiger partial charge in [-0.2, -0.15) is 0 Å². The number of nitrogens with one attached hydrogen (secondary N) is 1. The first-order valence-corrected chi connectivity index (χ1v) is 12.3. The van der Waals surface area contributed by atoms with Crippen LogP contribution in [-0.4, -0.2) is 24.6 Å². The Hall–Kier alpha value is -3.39. The van der Waals surface area contributed by atoms with Crippen LogP contribution in [0.3, 0.4) is 0 Å². The molecule has 1 aliphatic carbocycles. The number of carbonyl (C=O) groups excluding carboxylic acids is 2. The van der Waals surface area contributed by atoms with Crippen molar-refractivity contribution in [3.05, 3.63) is 76.2 Å². The van der Waals surface area contributed by atoms with Crippen LogP contribution in [0, 0.1) is 5.82 Å². The summed E-state index contributed by atoms with van der Waals surface area (Å²) in [6, 6.07) is 13.8. The summed E-state index contributed by atoms with van der Waals surface area (Å²) < 4.78 is 24.7. The molecule has 1 N–H and O–H groups in total. The number of hydrogen-bond acceptors (Lipinski definition) is 5. The number of amides is 2. The first-order chi connectivity index (χ1) is 16.6. The highest BCUT2D eigenvalue weighted by atomic mass is 32.1. The lowest BCUT2D eigenvalue weighted by molar-refractivity contribution is -0.127. The van der Waals surface area contributed by atoms with Crippen LogP contribution in [0.25, 0.3) is 0 Å². The van der Waals surface area contributed by atoms with E-state index >= 15 is 0 Å². The largest absolute Gasteiger partial charge is 0.454 e. The molecule has 0 bridgehead atoms. The lowest BCUT2D eigenvalue weighted by atomic mass is 10.0. The van der Waals surface area contributed by atoms with Crippen LogP contribution in [0.5, 0.6) is 11.5 Å². The molecule has 1 aliphatic heterocycles. The van der Waals surface area contributed by atoms with Crippen LogP contribution < -0.4 is 19.7 Å². The van der Waals surface area contributed by atoms with Crippen molar-refractivity contribution in [2.45, 2.75) is 44.2 Å². The molecule has 2 aliphatic rings. The van der Waals surface area contributed by atoms with Gasteiger partial charge in [0.25, 0.3) is 0 Å². The molecule has 1 aromatic heterocycles. The van der Waals surface area contributed by atoms with Crippen LogP contribution in [0.4, 0.5) is 10.1 Å². The monoisotopic (exact) mass is 480 g/mol. The number of thiophene rings is 1. The molecule has 0 radical (unpaired) electrons. The van der Waals surface area contributed by atoms with E-state index < -0.39 is 11.9 Å². The quantitative estimate of drug-likeness (QED) is 0.517. The number of rotatable bonds is 7. The topological polar surface area (TPSA) is 67.9 Å². The van der Waals surface area contributed by atoms with Gasteiger partial charge in [-0.3, -0.25) is 14.5 Å². The van der Waals surface area contributed by atoms with Gasteiger partial charge in [0.1, 0.15) is 11.9 Å². The molecular weight excluding hydrogens is 455 g/mol. The van der Waals surface area contributed by atoms with Gasteiger partial charge in [-0.05, 0) is 54.1 Å². The standard InChI is InChI=1S/C26H25FN2O4S/c27-18-9-7-17(8-10-18)25(26(31)28-19-4-1-2-5-19)29(24(30)15-21-6-3-13-34-21)20-11-12-22-23(14-20)33-16-32-22/h3,6-14,19,25H,1-2,4-5,15-16H2,(H,28,31)/t25-/m0/s1. The third kappa shape index (κ3) is 4.77. The van der Waals surface area contributed by atoms with Crippen molar-refractivity contribution in [2.24, 2.45) is 0 Å². The van der Waals surface area contributed by atoms with E-state index in [1.165, 1.54) is 28.4 Å². The van der Waals surface area contributed by atoms with Crippen LogP contribution in [0.15, 0.2) is 60.0 Å². The zero-order valence-electron chi connectivity index (χ0n) is 18.5. The molecule has 2 aromatic carbocycles. The minimum atomic E-state index is -0.964. The number of benzene rings is 2. The average Bonchev–Trinajstić information content (AvgIpc) is 3.61. The normalized spacial score (nSPS) is 15.8. The van der Waals surface area contributed by atoms with Gasteiger partial charge in [-0.25, -0.2) is 4.39 Å². The highest BCUT2D eigenvalue weighted by molar-refractivity contribution is 7.10. The van der Waals surface area contributed by atoms with Crippen molar-refractivity contribution in [2.75, 3.05) is 11.7 Å². The van der Waals surface area contributed by atoms with Crippen LogP contribution in [-0.2, 0) is 16.0 Å². The Kier molecular flexibility index (Phi) is 6.49. The fourth-order valence-corrected chi connectivity index (χ4v) is 5.23. The fourth-order valence-electron chi connectivity index (χ4n) is 4.53. The molecular formula is C26H25FN2O4S. The van der Waals surface area contributed by atoms with Crippen molar-refractivity contribution < 1.29 is 23.5 Å². The maximum absolute atomic E-state index is 13.8. The van der Waals surface area contributed by atoms with E-state index in [0.29, 0.717) is 22.7 Å². The molecule has 1 atom stereocenters. The Morgan fingerprint density at radius 3 is 2.56 bits per heavy atom. The number of halogens is 1. The van der Waals surface area contributed by atoms with Gasteiger partial charge < -0.3 is 14.8 Å². The molecule has 0 saturated heterocycles. The van der Waals surface area contributed by atoms with E-state index in [-0.39, 0.29) is 31.1 Å². The minimum absolute atomic E-state index is 0.0708. The second-order valence-electron chi connectivity index (χ2n) is 8.50. The number of anilines is 1. The summed E-state index contributed by atoms with van der Waals surface area (Å²) in [7, 11) is 0. The predicted octanol–water partition coefficient (Wildman–Crippen LogP) is 4.99. The van der Waals surface area contributed by atoms with E-state index in [2.05, 4.69) is 5.32 Å². The van der Waals surface area contributed by atoms with Crippen molar-refractivity contribution in [1.29, 1.82) is 0 Å². The second kappa shape index (κ2) is 9.85. The number of ether oxygens (including phenoxy) is 2. The molecule has 176 valence electrons. The molecule has 2 amide bonds. The van der Waals surface area contributed by atoms with Crippen LogP contribution in [0.2, 0.25) is 0 Å². The van der Waals surface area contributed by atoms with Gasteiger partial charge >= 0.3 is 0 Å². The molecule has 1 saturated carbocycles. The van der Waals surface area contributed by atoms with E-state index in [0.717, 1.165) is 30.6 Å². The van der Waals surface area contributed by atoms with Gasteiger partial charge in [-0.15, -0.1) is 11.3 Å². The maximum Gasteiger partial charge on any atom is 0.248 e. The number of carbonyl (C=O) groups is 2. The third-order valence-electron chi connectivity index (χ3n) is 6.20. The highest BCUT2D eigenvalue weighted by Gasteiger charge is 2.35. The summed E-state index contributed by atoms with van der Waals surface area (Å²) >= 11 is 1.49. The van der Waals surface area contributed by atoms with Gasteiger partial charge in [0.05, 0.1) is 6.42 Å². The van der Waals surface area contributed by atoms with E-state index in [4.69, 9.17) is 9.47 Å². The lowest BCUT2D eigenvalue weighted by Gasteiger charge is -2.32. The molecule has 2 heterocycles. The van der Waals surface area contributed by atoms with Crippen molar-refractivity contribution in [3.63, 3.8) is 0 Å². The predicted molar refractivity (Wildman–Crippen MR) is 128 cm³/mol. The SMILES string of the molecule is O=C(NC1CCCC1)[C@H](c1ccc(F)cc1)N(C(=O)Cc1cccs1)c1ccc2c(c1)OCO2. The lowest BCUT2D eigenvalue weighted by Crippen LogP contribution is -2.46. The number of fused-ring (bicyclic) bond motifs is 1. The molecule has 1 fully saturated rings. The first-order valence-electron chi connectivity index (χ1n) is 11.4. The van der Waals surface area contributed by atoms with Crippen LogP contribution in [0.1, 0.15) is 42.2 Å². The molecule has 8 heteroatoms. The Morgan fingerprint density at radius 1 is 1.06 bits per heavy atom. The minimum Gasteiger partial charge on any atom is -0.454 e. The second-order valence-corrected chi connectivity index (χ2v) is 9.53.